The van der Waals surface area contributed by atoms with Crippen LogP contribution in [-0.4, -0.2) is 50.9 Å². The van der Waals surface area contributed by atoms with Crippen LogP contribution in [-0.2, 0) is 15.7 Å². The number of amides is 1. The summed E-state index contributed by atoms with van der Waals surface area (Å²) < 4.78 is 46.0. The predicted molar refractivity (Wildman–Crippen MR) is 116 cm³/mol. The lowest BCUT2D eigenvalue weighted by molar-refractivity contribution is -0.138. The second kappa shape index (κ2) is 9.25. The SMILES string of the molecule is CC1(C)C(=O)N(c2cnc(C#N)c(C(F)(F)F)c2)C(S)N1C1CCC(OCCBr)CC1. The van der Waals surface area contributed by atoms with E-state index in [4.69, 9.17) is 10.00 Å². The van der Waals surface area contributed by atoms with Crippen LogP contribution >= 0.6 is 28.6 Å². The van der Waals surface area contributed by atoms with E-state index in [0.29, 0.717) is 6.61 Å². The van der Waals surface area contributed by atoms with Crippen molar-refractivity contribution in [2.24, 2.45) is 0 Å². The largest absolute Gasteiger partial charge is 0.419 e. The van der Waals surface area contributed by atoms with Gasteiger partial charge in [-0.05, 0) is 45.6 Å². The highest BCUT2D eigenvalue weighted by atomic mass is 79.9. The lowest BCUT2D eigenvalue weighted by Crippen LogP contribution is -2.52. The third-order valence-electron chi connectivity index (χ3n) is 5.90. The molecule has 0 bridgehead atoms. The molecule has 11 heteroatoms. The maximum absolute atomic E-state index is 13.4. The molecule has 6 nitrogen and oxygen atoms in total. The predicted octanol–water partition coefficient (Wildman–Crippen LogP) is 4.34. The van der Waals surface area contributed by atoms with Crippen molar-refractivity contribution in [2.75, 3.05) is 16.8 Å². The molecule has 1 aliphatic heterocycles. The summed E-state index contributed by atoms with van der Waals surface area (Å²) >= 11 is 7.98. The first-order chi connectivity index (χ1) is 14.5. The van der Waals surface area contributed by atoms with Gasteiger partial charge in [0.25, 0.3) is 0 Å². The summed E-state index contributed by atoms with van der Waals surface area (Å²) in [5.41, 5.74) is -3.62. The summed E-state index contributed by atoms with van der Waals surface area (Å²) in [4.78, 5) is 20.1. The molecule has 1 amide bonds. The number of anilines is 1. The Kier molecular flexibility index (Phi) is 7.25. The Morgan fingerprint density at radius 3 is 2.55 bits per heavy atom. The number of hydrogen-bond acceptors (Lipinski definition) is 6. The quantitative estimate of drug-likeness (QED) is 0.462. The fraction of sp³-hybridized carbons (Fsp3) is 0.650. The Morgan fingerprint density at radius 2 is 2.00 bits per heavy atom. The molecule has 0 spiro atoms. The molecule has 1 saturated carbocycles. The number of nitrogens with zero attached hydrogens (tertiary/aromatic N) is 4. The van der Waals surface area contributed by atoms with E-state index in [0.717, 1.165) is 43.3 Å². The first-order valence-electron chi connectivity index (χ1n) is 9.97. The molecule has 0 radical (unpaired) electrons. The van der Waals surface area contributed by atoms with Crippen molar-refractivity contribution in [3.63, 3.8) is 0 Å². The van der Waals surface area contributed by atoms with Gasteiger partial charge in [0.05, 0.1) is 35.7 Å². The van der Waals surface area contributed by atoms with E-state index >= 15 is 0 Å². The fourth-order valence-electron chi connectivity index (χ4n) is 4.41. The fourth-order valence-corrected chi connectivity index (χ4v) is 5.31. The van der Waals surface area contributed by atoms with Crippen LogP contribution in [0.5, 0.6) is 0 Å². The molecule has 1 saturated heterocycles. The molecule has 1 aliphatic carbocycles. The summed E-state index contributed by atoms with van der Waals surface area (Å²) in [6, 6.07) is 2.31. The molecule has 1 atom stereocenters. The number of halogens is 4. The van der Waals surface area contributed by atoms with E-state index < -0.39 is 28.5 Å². The number of pyridine rings is 1. The van der Waals surface area contributed by atoms with E-state index in [9.17, 15) is 18.0 Å². The van der Waals surface area contributed by atoms with E-state index in [1.54, 1.807) is 13.8 Å². The molecule has 3 rings (SSSR count). The molecule has 1 aromatic heterocycles. The third kappa shape index (κ3) is 4.72. The van der Waals surface area contributed by atoms with Gasteiger partial charge >= 0.3 is 6.18 Å². The highest BCUT2D eigenvalue weighted by Gasteiger charge is 2.54. The van der Waals surface area contributed by atoms with Crippen molar-refractivity contribution in [3.05, 3.63) is 23.5 Å². The van der Waals surface area contributed by atoms with Gasteiger partial charge in [-0.2, -0.15) is 18.4 Å². The minimum absolute atomic E-state index is 0.0266. The number of ether oxygens (including phenoxy) is 1. The van der Waals surface area contributed by atoms with Crippen LogP contribution in [0.25, 0.3) is 0 Å². The molecular formula is C20H24BrF3N4O2S. The Morgan fingerprint density at radius 1 is 1.35 bits per heavy atom. The minimum Gasteiger partial charge on any atom is -0.377 e. The van der Waals surface area contributed by atoms with E-state index in [2.05, 4.69) is 33.5 Å². The average Bonchev–Trinajstić information content (AvgIpc) is 2.90. The molecule has 2 fully saturated rings. The number of hydrogen-bond donors (Lipinski definition) is 1. The zero-order chi connectivity index (χ0) is 23.0. The molecular weight excluding hydrogens is 497 g/mol. The van der Waals surface area contributed by atoms with Gasteiger partial charge in [-0.15, -0.1) is 12.6 Å². The third-order valence-corrected chi connectivity index (χ3v) is 6.70. The number of rotatable bonds is 5. The molecule has 170 valence electrons. The van der Waals surface area contributed by atoms with Crippen LogP contribution in [0.1, 0.15) is 50.8 Å². The normalized spacial score (nSPS) is 26.8. The number of carbonyl (C=O) groups is 1. The van der Waals surface area contributed by atoms with Crippen molar-refractivity contribution in [2.45, 2.75) is 68.9 Å². The van der Waals surface area contributed by atoms with Crippen molar-refractivity contribution in [1.82, 2.24) is 9.88 Å². The number of carbonyl (C=O) groups excluding carboxylic acids is 1. The van der Waals surface area contributed by atoms with Crippen molar-refractivity contribution >= 4 is 40.2 Å². The first-order valence-corrected chi connectivity index (χ1v) is 11.6. The van der Waals surface area contributed by atoms with Gasteiger partial charge in [0.2, 0.25) is 5.91 Å². The summed E-state index contributed by atoms with van der Waals surface area (Å²) in [5.74, 6) is -0.357. The molecule has 2 aliphatic rings. The number of alkyl halides is 4. The highest BCUT2D eigenvalue weighted by Crippen LogP contribution is 2.42. The van der Waals surface area contributed by atoms with E-state index in [-0.39, 0.29) is 23.7 Å². The number of aromatic nitrogens is 1. The van der Waals surface area contributed by atoms with Crippen LogP contribution in [0.4, 0.5) is 18.9 Å². The monoisotopic (exact) mass is 520 g/mol. The molecule has 1 aromatic rings. The Balaban J connectivity index is 1.87. The second-order valence-electron chi connectivity index (χ2n) is 8.18. The Labute approximate surface area is 193 Å². The maximum Gasteiger partial charge on any atom is 0.419 e. The van der Waals surface area contributed by atoms with Crippen molar-refractivity contribution < 1.29 is 22.7 Å². The maximum atomic E-state index is 13.4. The molecule has 2 heterocycles. The van der Waals surface area contributed by atoms with Gasteiger partial charge in [-0.25, -0.2) is 4.98 Å². The summed E-state index contributed by atoms with van der Waals surface area (Å²) in [7, 11) is 0. The smallest absolute Gasteiger partial charge is 0.377 e. The highest BCUT2D eigenvalue weighted by molar-refractivity contribution is 9.09. The van der Waals surface area contributed by atoms with Gasteiger partial charge in [-0.1, -0.05) is 15.9 Å². The van der Waals surface area contributed by atoms with Gasteiger partial charge in [0.15, 0.2) is 5.69 Å². The van der Waals surface area contributed by atoms with Gasteiger partial charge in [0, 0.05) is 11.4 Å². The number of thiol groups is 1. The molecule has 0 aromatic carbocycles. The van der Waals surface area contributed by atoms with Crippen molar-refractivity contribution in [3.8, 4) is 6.07 Å². The van der Waals surface area contributed by atoms with Crippen LogP contribution in [0.15, 0.2) is 12.3 Å². The lowest BCUT2D eigenvalue weighted by Gasteiger charge is -2.41. The van der Waals surface area contributed by atoms with E-state index in [1.165, 1.54) is 11.0 Å². The topological polar surface area (TPSA) is 69.5 Å². The first kappa shape index (κ1) is 24.3. The van der Waals surface area contributed by atoms with Gasteiger partial charge in [0.1, 0.15) is 11.6 Å². The molecule has 0 N–H and O–H groups in total. The van der Waals surface area contributed by atoms with E-state index in [1.807, 2.05) is 4.90 Å². The van der Waals surface area contributed by atoms with Gasteiger partial charge < -0.3 is 4.74 Å². The second-order valence-corrected chi connectivity index (χ2v) is 9.43. The summed E-state index contributed by atoms with van der Waals surface area (Å²) in [6.45, 7) is 4.15. The van der Waals surface area contributed by atoms with Gasteiger partial charge in [-0.3, -0.25) is 14.6 Å². The Hall–Kier alpha value is -1.35. The van der Waals surface area contributed by atoms with Crippen molar-refractivity contribution in [1.29, 1.82) is 5.26 Å². The van der Waals surface area contributed by atoms with Crippen LogP contribution in [0, 0.1) is 11.3 Å². The van der Waals surface area contributed by atoms with Crippen LogP contribution in [0.2, 0.25) is 0 Å². The zero-order valence-electron chi connectivity index (χ0n) is 17.2. The number of nitriles is 1. The minimum atomic E-state index is -4.76. The zero-order valence-corrected chi connectivity index (χ0v) is 19.7. The average molecular weight is 521 g/mol. The lowest BCUT2D eigenvalue weighted by atomic mass is 9.89. The molecule has 1 unspecified atom stereocenters. The standard InChI is InChI=1S/C20H24BrF3N4O2S/c1-19(2)17(29)27(13-9-15(20(22,23)24)16(10-25)26-11-13)18(31)28(19)12-3-5-14(6-4-12)30-8-7-21/h9,11-12,14,18,31H,3-8H2,1-2H3. The van der Waals surface area contributed by atoms with Crippen LogP contribution in [0.3, 0.4) is 0 Å². The summed E-state index contributed by atoms with van der Waals surface area (Å²) in [5, 5.41) is 9.75. The Bertz CT molecular complexity index is 869. The summed E-state index contributed by atoms with van der Waals surface area (Å²) in [6.07, 6.45) is -0.181. The van der Waals surface area contributed by atoms with Crippen LogP contribution < -0.4 is 4.90 Å². The molecule has 31 heavy (non-hydrogen) atoms.